The number of aromatic nitrogens is 3. The summed E-state index contributed by atoms with van der Waals surface area (Å²) in [6.07, 6.45) is 3.43. The van der Waals surface area contributed by atoms with Gasteiger partial charge in [-0.05, 0) is 30.1 Å². The molecular weight excluding hydrogens is 336 g/mol. The maximum atomic E-state index is 11.5. The number of ether oxygens (including phenoxy) is 1. The average Bonchev–Trinajstić information content (AvgIpc) is 3.03. The summed E-state index contributed by atoms with van der Waals surface area (Å²) >= 11 is 1.73. The summed E-state index contributed by atoms with van der Waals surface area (Å²) < 4.78 is 8.82. The zero-order valence-electron chi connectivity index (χ0n) is 14.5. The first-order valence-electron chi connectivity index (χ1n) is 7.98. The van der Waals surface area contributed by atoms with Gasteiger partial charge < -0.3 is 9.04 Å². The van der Waals surface area contributed by atoms with Gasteiger partial charge in [-0.3, -0.25) is 9.67 Å². The minimum atomic E-state index is -0.376. The molecule has 2 heterocycles. The number of carbonyl (C=O) groups is 1. The van der Waals surface area contributed by atoms with E-state index in [1.54, 1.807) is 24.2 Å². The molecule has 0 aliphatic carbocycles. The van der Waals surface area contributed by atoms with Crippen LogP contribution in [-0.4, -0.2) is 33.6 Å². The molecule has 3 rings (SSSR count). The molecule has 0 saturated heterocycles. The summed E-state index contributed by atoms with van der Waals surface area (Å²) in [6.45, 7) is 2.75. The number of fused-ring (bicyclic) bond motifs is 1. The Kier molecular flexibility index (Phi) is 5.23. The minimum Gasteiger partial charge on any atom is -0.465 e. The van der Waals surface area contributed by atoms with E-state index in [0.29, 0.717) is 12.1 Å². The quantitative estimate of drug-likeness (QED) is 0.498. The molecule has 0 N–H and O–H groups in total. The van der Waals surface area contributed by atoms with Crippen LogP contribution in [0.4, 0.5) is 5.69 Å². The first-order chi connectivity index (χ1) is 12.1. The van der Waals surface area contributed by atoms with Crippen LogP contribution in [0.15, 0.2) is 42.7 Å². The molecule has 7 heteroatoms. The number of hydrogen-bond acceptors (Lipinski definition) is 6. The normalized spacial score (nSPS) is 10.8. The van der Waals surface area contributed by atoms with E-state index in [9.17, 15) is 4.79 Å². The molecule has 0 atom stereocenters. The van der Waals surface area contributed by atoms with E-state index in [0.717, 1.165) is 28.0 Å². The Hall–Kier alpha value is -2.54. The van der Waals surface area contributed by atoms with Crippen molar-refractivity contribution in [2.45, 2.75) is 13.5 Å². The topological polar surface area (TPSA) is 60.3 Å². The van der Waals surface area contributed by atoms with E-state index in [-0.39, 0.29) is 5.97 Å². The Morgan fingerprint density at radius 3 is 2.80 bits per heavy atom. The van der Waals surface area contributed by atoms with Crippen LogP contribution in [-0.2, 0) is 18.3 Å². The highest BCUT2D eigenvalue weighted by Crippen LogP contribution is 2.31. The predicted molar refractivity (Wildman–Crippen MR) is 101 cm³/mol. The third-order valence-electron chi connectivity index (χ3n) is 3.84. The number of methoxy groups -OCH3 is 1. The summed E-state index contributed by atoms with van der Waals surface area (Å²) in [5, 5.41) is 5.47. The number of esters is 1. The SMILES string of the molecule is CCSN(Cc1ccc(C(=O)OC)cn1)c1cccc2cnn(C)c12. The first-order valence-corrected chi connectivity index (χ1v) is 8.92. The van der Waals surface area contributed by atoms with Gasteiger partial charge in [0.15, 0.2) is 0 Å². The van der Waals surface area contributed by atoms with Crippen LogP contribution < -0.4 is 4.31 Å². The molecule has 0 aliphatic rings. The zero-order chi connectivity index (χ0) is 17.8. The Labute approximate surface area is 150 Å². The van der Waals surface area contributed by atoms with Crippen molar-refractivity contribution in [3.8, 4) is 0 Å². The van der Waals surface area contributed by atoms with Crippen LogP contribution in [0.1, 0.15) is 23.0 Å². The van der Waals surface area contributed by atoms with Gasteiger partial charge in [0.05, 0.1) is 42.3 Å². The van der Waals surface area contributed by atoms with E-state index in [1.807, 2.05) is 30.1 Å². The second-order valence-electron chi connectivity index (χ2n) is 5.47. The Morgan fingerprint density at radius 2 is 2.12 bits per heavy atom. The fourth-order valence-corrected chi connectivity index (χ4v) is 3.49. The molecule has 0 fully saturated rings. The highest BCUT2D eigenvalue weighted by molar-refractivity contribution is 8.00. The number of anilines is 1. The van der Waals surface area contributed by atoms with Gasteiger partial charge >= 0.3 is 5.97 Å². The lowest BCUT2D eigenvalue weighted by molar-refractivity contribution is 0.0600. The van der Waals surface area contributed by atoms with Crippen LogP contribution in [0, 0.1) is 0 Å². The molecule has 130 valence electrons. The molecule has 6 nitrogen and oxygen atoms in total. The van der Waals surface area contributed by atoms with E-state index < -0.39 is 0 Å². The molecule has 0 saturated carbocycles. The van der Waals surface area contributed by atoms with Gasteiger partial charge in [-0.1, -0.05) is 19.1 Å². The van der Waals surface area contributed by atoms with Crippen LogP contribution in [0.5, 0.6) is 0 Å². The van der Waals surface area contributed by atoms with Crippen LogP contribution in [0.2, 0.25) is 0 Å². The standard InChI is InChI=1S/C18H20N4O2S/c1-4-25-22(12-15-9-8-14(10-19-15)18(23)24-3)16-7-5-6-13-11-20-21(2)17(13)16/h5-11H,4,12H2,1-3H3. The molecule has 3 aromatic rings. The van der Waals surface area contributed by atoms with E-state index in [4.69, 9.17) is 4.74 Å². The third-order valence-corrected chi connectivity index (χ3v) is 4.74. The lowest BCUT2D eigenvalue weighted by Gasteiger charge is -2.23. The largest absolute Gasteiger partial charge is 0.465 e. The number of nitrogens with zero attached hydrogens (tertiary/aromatic N) is 4. The number of rotatable bonds is 6. The fraction of sp³-hybridized carbons (Fsp3) is 0.278. The van der Waals surface area contributed by atoms with E-state index in [2.05, 4.69) is 33.4 Å². The second-order valence-corrected chi connectivity index (χ2v) is 6.74. The molecular formula is C18H20N4O2S. The molecule has 1 aromatic carbocycles. The number of hydrogen-bond donors (Lipinski definition) is 0. The third kappa shape index (κ3) is 3.61. The highest BCUT2D eigenvalue weighted by Gasteiger charge is 2.15. The fourth-order valence-electron chi connectivity index (χ4n) is 2.67. The summed E-state index contributed by atoms with van der Waals surface area (Å²) in [5.41, 5.74) is 3.53. The van der Waals surface area contributed by atoms with Gasteiger partial charge in [0.25, 0.3) is 0 Å². The smallest absolute Gasteiger partial charge is 0.339 e. The van der Waals surface area contributed by atoms with Crippen molar-refractivity contribution in [3.63, 3.8) is 0 Å². The maximum Gasteiger partial charge on any atom is 0.339 e. The van der Waals surface area contributed by atoms with Crippen molar-refractivity contribution < 1.29 is 9.53 Å². The number of pyridine rings is 1. The van der Waals surface area contributed by atoms with E-state index >= 15 is 0 Å². The molecule has 0 aliphatic heterocycles. The van der Waals surface area contributed by atoms with Crippen molar-refractivity contribution in [2.24, 2.45) is 7.05 Å². The monoisotopic (exact) mass is 356 g/mol. The van der Waals surface area contributed by atoms with E-state index in [1.165, 1.54) is 7.11 Å². The van der Waals surface area contributed by atoms with Crippen molar-refractivity contribution in [1.29, 1.82) is 0 Å². The van der Waals surface area contributed by atoms with Crippen molar-refractivity contribution >= 4 is 34.5 Å². The Bertz CT molecular complexity index is 876. The lowest BCUT2D eigenvalue weighted by Crippen LogP contribution is -2.16. The van der Waals surface area contributed by atoms with Crippen LogP contribution in [0.25, 0.3) is 10.9 Å². The predicted octanol–water partition coefficient (Wildman–Crippen LogP) is 3.43. The molecule has 0 unspecified atom stereocenters. The van der Waals surface area contributed by atoms with Crippen molar-refractivity contribution in [3.05, 3.63) is 54.0 Å². The lowest BCUT2D eigenvalue weighted by atomic mass is 10.2. The van der Waals surface area contributed by atoms with Crippen LogP contribution in [0.3, 0.4) is 0 Å². The van der Waals surface area contributed by atoms with Gasteiger partial charge in [0, 0.05) is 24.4 Å². The van der Waals surface area contributed by atoms with Crippen molar-refractivity contribution in [2.75, 3.05) is 17.2 Å². The Morgan fingerprint density at radius 1 is 1.28 bits per heavy atom. The summed E-state index contributed by atoms with van der Waals surface area (Å²) in [6, 6.07) is 9.79. The molecule has 0 radical (unpaired) electrons. The molecule has 25 heavy (non-hydrogen) atoms. The van der Waals surface area contributed by atoms with Gasteiger partial charge in [0.1, 0.15) is 0 Å². The number of benzene rings is 1. The van der Waals surface area contributed by atoms with Gasteiger partial charge in [0.2, 0.25) is 0 Å². The van der Waals surface area contributed by atoms with Gasteiger partial charge in [-0.25, -0.2) is 4.79 Å². The first kappa shape index (κ1) is 17.3. The minimum absolute atomic E-state index is 0.376. The summed E-state index contributed by atoms with van der Waals surface area (Å²) in [7, 11) is 3.31. The van der Waals surface area contributed by atoms with Crippen molar-refractivity contribution in [1.82, 2.24) is 14.8 Å². The molecule has 0 bridgehead atoms. The summed E-state index contributed by atoms with van der Waals surface area (Å²) in [4.78, 5) is 15.9. The van der Waals surface area contributed by atoms with Gasteiger partial charge in [-0.2, -0.15) is 5.10 Å². The molecule has 2 aromatic heterocycles. The van der Waals surface area contributed by atoms with Crippen LogP contribution >= 0.6 is 11.9 Å². The highest BCUT2D eigenvalue weighted by atomic mass is 32.2. The van der Waals surface area contributed by atoms with Gasteiger partial charge in [-0.15, -0.1) is 0 Å². The molecule has 0 spiro atoms. The zero-order valence-corrected chi connectivity index (χ0v) is 15.3. The maximum absolute atomic E-state index is 11.5. The summed E-state index contributed by atoms with van der Waals surface area (Å²) in [5.74, 6) is 0.563. The average molecular weight is 356 g/mol. The number of aryl methyl sites for hydroxylation is 1. The second kappa shape index (κ2) is 7.57. The molecule has 0 amide bonds. The Balaban J connectivity index is 1.91. The number of para-hydroxylation sites is 1. The number of carbonyl (C=O) groups excluding carboxylic acids is 1.